The van der Waals surface area contributed by atoms with Gasteiger partial charge in [0.05, 0.1) is 4.22 Å². The highest BCUT2D eigenvalue weighted by molar-refractivity contribution is 14.1. The summed E-state index contributed by atoms with van der Waals surface area (Å²) in [6.45, 7) is 5.46. The van der Waals surface area contributed by atoms with E-state index >= 15 is 0 Å². The van der Waals surface area contributed by atoms with Crippen molar-refractivity contribution in [2.45, 2.75) is 11.8 Å². The molecule has 0 heterocycles. The van der Waals surface area contributed by atoms with Crippen LogP contribution in [0.15, 0.2) is 34.0 Å². The lowest BCUT2D eigenvalue weighted by molar-refractivity contribution is 0.625. The molecule has 0 N–H and O–H groups in total. The molecule has 1 aromatic carbocycles. The summed E-state index contributed by atoms with van der Waals surface area (Å²) in [5, 5.41) is 1.67. The molecular weight excluding hydrogens is 312 g/mol. The predicted molar refractivity (Wildman–Crippen MR) is 69.4 cm³/mol. The average molecular weight is 321 g/mol. The van der Waals surface area contributed by atoms with Crippen LogP contribution >= 0.6 is 34.4 Å². The molecule has 0 radical (unpaired) electrons. The fourth-order valence-electron chi connectivity index (χ4n) is 1.06. The van der Waals surface area contributed by atoms with Gasteiger partial charge in [-0.25, -0.2) is 9.38 Å². The Morgan fingerprint density at radius 3 is 2.86 bits per heavy atom. The van der Waals surface area contributed by atoms with Gasteiger partial charge in [-0.1, -0.05) is 18.3 Å². The zero-order valence-corrected chi connectivity index (χ0v) is 10.6. The quantitative estimate of drug-likeness (QED) is 0.455. The van der Waals surface area contributed by atoms with E-state index in [0.717, 1.165) is 10.5 Å². The van der Waals surface area contributed by atoms with Gasteiger partial charge in [0.25, 0.3) is 0 Å². The maximum atomic E-state index is 13.5. The third-order valence-corrected chi connectivity index (χ3v) is 2.57. The van der Waals surface area contributed by atoms with Gasteiger partial charge in [0.2, 0.25) is 0 Å². The van der Waals surface area contributed by atoms with Gasteiger partial charge in [-0.15, -0.1) is 0 Å². The van der Waals surface area contributed by atoms with Gasteiger partial charge >= 0.3 is 0 Å². The van der Waals surface area contributed by atoms with E-state index in [4.69, 9.17) is 0 Å². The molecule has 0 aliphatic heterocycles. The van der Waals surface area contributed by atoms with Crippen LogP contribution in [-0.4, -0.2) is 4.22 Å². The highest BCUT2D eigenvalue weighted by atomic mass is 127. The molecule has 74 valence electrons. The SMILES string of the molecule is C=CSc1cc(C)cc(F)c1N=CI. The molecule has 1 nitrogen and oxygen atoms in total. The van der Waals surface area contributed by atoms with Crippen molar-refractivity contribution in [1.29, 1.82) is 0 Å². The highest BCUT2D eigenvalue weighted by Gasteiger charge is 2.07. The number of aryl methyl sites for hydroxylation is 1. The van der Waals surface area contributed by atoms with Crippen LogP contribution in [0, 0.1) is 12.7 Å². The number of hydrogen-bond acceptors (Lipinski definition) is 2. The van der Waals surface area contributed by atoms with E-state index in [1.165, 1.54) is 17.8 Å². The first-order valence-corrected chi connectivity index (χ1v) is 6.02. The fourth-order valence-corrected chi connectivity index (χ4v) is 2.03. The Kier molecular flexibility index (Phi) is 4.60. The maximum Gasteiger partial charge on any atom is 0.150 e. The van der Waals surface area contributed by atoms with E-state index in [-0.39, 0.29) is 5.82 Å². The summed E-state index contributed by atoms with van der Waals surface area (Å²) < 4.78 is 15.0. The summed E-state index contributed by atoms with van der Waals surface area (Å²) in [6, 6.07) is 3.38. The highest BCUT2D eigenvalue weighted by Crippen LogP contribution is 2.33. The number of halogens is 2. The van der Waals surface area contributed by atoms with Crippen molar-refractivity contribution < 1.29 is 4.39 Å². The summed E-state index contributed by atoms with van der Waals surface area (Å²) in [4.78, 5) is 4.78. The predicted octanol–water partition coefficient (Wildman–Crippen LogP) is 4.46. The second-order valence-electron chi connectivity index (χ2n) is 2.60. The molecule has 1 aromatic rings. The Hall–Kier alpha value is -0.360. The van der Waals surface area contributed by atoms with Crippen LogP contribution < -0.4 is 0 Å². The largest absolute Gasteiger partial charge is 0.246 e. The first-order valence-electron chi connectivity index (χ1n) is 3.89. The molecule has 0 fully saturated rings. The Labute approximate surface area is 101 Å². The monoisotopic (exact) mass is 321 g/mol. The third kappa shape index (κ3) is 2.81. The molecule has 0 aliphatic rings. The number of aliphatic imine (C=N–C) groups is 1. The van der Waals surface area contributed by atoms with Gasteiger partial charge in [0, 0.05) is 4.90 Å². The lowest BCUT2D eigenvalue weighted by Gasteiger charge is -2.04. The molecule has 0 spiro atoms. The van der Waals surface area contributed by atoms with Crippen molar-refractivity contribution in [3.8, 4) is 0 Å². The molecule has 0 aromatic heterocycles. The summed E-state index contributed by atoms with van der Waals surface area (Å²) in [6.07, 6.45) is 0. The van der Waals surface area contributed by atoms with Crippen LogP contribution in [0.3, 0.4) is 0 Å². The van der Waals surface area contributed by atoms with Crippen molar-refractivity contribution in [3.63, 3.8) is 0 Å². The Morgan fingerprint density at radius 2 is 2.29 bits per heavy atom. The van der Waals surface area contributed by atoms with Gasteiger partial charge in [-0.2, -0.15) is 0 Å². The molecule has 4 heteroatoms. The van der Waals surface area contributed by atoms with Crippen molar-refractivity contribution in [2.24, 2.45) is 4.99 Å². The molecule has 0 bridgehead atoms. The molecule has 0 saturated carbocycles. The number of hydrogen-bond donors (Lipinski definition) is 0. The zero-order chi connectivity index (χ0) is 10.6. The molecule has 0 atom stereocenters. The number of thioether (sulfide) groups is 1. The summed E-state index contributed by atoms with van der Waals surface area (Å²) >= 11 is 3.34. The zero-order valence-electron chi connectivity index (χ0n) is 7.63. The lowest BCUT2D eigenvalue weighted by Crippen LogP contribution is -1.83. The van der Waals surface area contributed by atoms with Gasteiger partial charge in [0.15, 0.2) is 0 Å². The van der Waals surface area contributed by atoms with Crippen molar-refractivity contribution in [2.75, 3.05) is 0 Å². The number of nitrogens with zero attached hydrogens (tertiary/aromatic N) is 1. The molecule has 0 amide bonds. The molecule has 1 rings (SSSR count). The Bertz CT molecular complexity index is 377. The molecule has 0 aliphatic carbocycles. The van der Waals surface area contributed by atoms with E-state index in [9.17, 15) is 4.39 Å². The first kappa shape index (κ1) is 11.7. The molecule has 14 heavy (non-hydrogen) atoms. The minimum atomic E-state index is -0.290. The topological polar surface area (TPSA) is 12.4 Å². The lowest BCUT2D eigenvalue weighted by atomic mass is 10.2. The smallest absolute Gasteiger partial charge is 0.150 e. The maximum absolute atomic E-state index is 13.5. The minimum Gasteiger partial charge on any atom is -0.246 e. The fraction of sp³-hybridized carbons (Fsp3) is 0.100. The molecule has 0 unspecified atom stereocenters. The summed E-state index contributed by atoms with van der Waals surface area (Å²) in [5.74, 6) is -0.290. The third-order valence-electron chi connectivity index (χ3n) is 1.56. The minimum absolute atomic E-state index is 0.290. The van der Waals surface area contributed by atoms with E-state index < -0.39 is 0 Å². The van der Waals surface area contributed by atoms with Crippen molar-refractivity contribution >= 4 is 44.3 Å². The number of rotatable bonds is 3. The van der Waals surface area contributed by atoms with Crippen molar-refractivity contribution in [3.05, 3.63) is 35.5 Å². The second kappa shape index (κ2) is 5.50. The van der Waals surface area contributed by atoms with Crippen LogP contribution in [0.5, 0.6) is 0 Å². The summed E-state index contributed by atoms with van der Waals surface area (Å²) in [7, 11) is 0. The number of benzene rings is 1. The van der Waals surface area contributed by atoms with Crippen LogP contribution in [0.1, 0.15) is 5.56 Å². The van der Waals surface area contributed by atoms with Crippen LogP contribution in [0.4, 0.5) is 10.1 Å². The van der Waals surface area contributed by atoms with Gasteiger partial charge < -0.3 is 0 Å². The molecule has 0 saturated heterocycles. The Balaban J connectivity index is 3.27. The summed E-state index contributed by atoms with van der Waals surface area (Å²) in [5.41, 5.74) is 1.27. The second-order valence-corrected chi connectivity index (χ2v) is 4.17. The van der Waals surface area contributed by atoms with Crippen LogP contribution in [0.25, 0.3) is 0 Å². The molecular formula is C10H9FINS. The van der Waals surface area contributed by atoms with Crippen molar-refractivity contribution in [1.82, 2.24) is 0 Å². The van der Waals surface area contributed by atoms with E-state index in [0.29, 0.717) is 5.69 Å². The van der Waals surface area contributed by atoms with Gasteiger partial charge in [-0.3, -0.25) is 0 Å². The first-order chi connectivity index (χ1) is 6.69. The van der Waals surface area contributed by atoms with Crippen LogP contribution in [0.2, 0.25) is 0 Å². The standard InChI is InChI=1S/C10H9FINS/c1-3-14-9-5-7(2)4-8(11)10(9)13-6-12/h3-6H,1H2,2H3. The average Bonchev–Trinajstić information content (AvgIpc) is 2.11. The van der Waals surface area contributed by atoms with E-state index in [1.54, 1.807) is 9.63 Å². The Morgan fingerprint density at radius 1 is 1.57 bits per heavy atom. The van der Waals surface area contributed by atoms with Crippen LogP contribution in [-0.2, 0) is 0 Å². The van der Waals surface area contributed by atoms with E-state index in [2.05, 4.69) is 11.6 Å². The normalized spacial score (nSPS) is 10.8. The van der Waals surface area contributed by atoms with E-state index in [1.807, 2.05) is 35.6 Å². The van der Waals surface area contributed by atoms with Gasteiger partial charge in [-0.05, 0) is 52.6 Å². The van der Waals surface area contributed by atoms with Gasteiger partial charge in [0.1, 0.15) is 11.5 Å².